The average molecular weight is 286 g/mol. The zero-order valence-corrected chi connectivity index (χ0v) is 11.0. The summed E-state index contributed by atoms with van der Waals surface area (Å²) in [5.41, 5.74) is -0.773. The van der Waals surface area contributed by atoms with Crippen LogP contribution in [0, 0.1) is 16.0 Å². The number of nitrogens with one attached hydrogen (secondary N) is 1. The smallest absolute Gasteiger partial charge is 0.270 e. The molecule has 1 N–H and O–H groups in total. The lowest BCUT2D eigenvalue weighted by Crippen LogP contribution is -2.38. The Hall–Kier alpha value is -1.76. The van der Waals surface area contributed by atoms with Crippen molar-refractivity contribution in [1.82, 2.24) is 5.32 Å². The van der Waals surface area contributed by atoms with Gasteiger partial charge in [-0.05, 0) is 38.4 Å². The highest BCUT2D eigenvalue weighted by Gasteiger charge is 2.31. The van der Waals surface area contributed by atoms with Gasteiger partial charge in [0.1, 0.15) is 5.75 Å². The molecule has 110 valence electrons. The molecular formula is C13H16F2N2O3. The predicted octanol–water partition coefficient (Wildman–Crippen LogP) is 2.91. The minimum atomic E-state index is -2.79. The number of alkyl halides is 2. The quantitative estimate of drug-likeness (QED) is 0.645. The van der Waals surface area contributed by atoms with Crippen LogP contribution in [0.2, 0.25) is 0 Å². The number of nitrogens with zero attached hydrogens (tertiary/aromatic N) is 1. The predicted molar refractivity (Wildman–Crippen MR) is 69.1 cm³/mol. The first-order valence-electron chi connectivity index (χ1n) is 6.39. The summed E-state index contributed by atoms with van der Waals surface area (Å²) >= 11 is 0. The molecule has 20 heavy (non-hydrogen) atoms. The number of hydrogen-bond donors (Lipinski definition) is 1. The van der Waals surface area contributed by atoms with E-state index in [1.165, 1.54) is 12.1 Å². The van der Waals surface area contributed by atoms with Gasteiger partial charge in [0.05, 0.1) is 16.6 Å². The highest BCUT2D eigenvalue weighted by atomic mass is 19.3. The Labute approximate surface area is 115 Å². The SMILES string of the molecule is CNCC1CC(Oc2ccc([N+](=O)[O-])cc2C(F)F)C1. The Balaban J connectivity index is 2.06. The van der Waals surface area contributed by atoms with Crippen molar-refractivity contribution in [2.75, 3.05) is 13.6 Å². The van der Waals surface area contributed by atoms with Crippen molar-refractivity contribution in [3.63, 3.8) is 0 Å². The third kappa shape index (κ3) is 3.22. The number of non-ortho nitro benzene ring substituents is 1. The summed E-state index contributed by atoms with van der Waals surface area (Å²) in [6, 6.07) is 3.32. The van der Waals surface area contributed by atoms with Crippen LogP contribution in [0.3, 0.4) is 0 Å². The molecule has 5 nitrogen and oxygen atoms in total. The van der Waals surface area contributed by atoms with Crippen LogP contribution in [0.1, 0.15) is 24.8 Å². The van der Waals surface area contributed by atoms with E-state index in [1.807, 2.05) is 7.05 Å². The zero-order chi connectivity index (χ0) is 14.7. The van der Waals surface area contributed by atoms with Crippen molar-refractivity contribution < 1.29 is 18.4 Å². The van der Waals surface area contributed by atoms with E-state index >= 15 is 0 Å². The topological polar surface area (TPSA) is 64.4 Å². The fourth-order valence-corrected chi connectivity index (χ4v) is 2.33. The second kappa shape index (κ2) is 6.13. The van der Waals surface area contributed by atoms with Crippen LogP contribution < -0.4 is 10.1 Å². The summed E-state index contributed by atoms with van der Waals surface area (Å²) in [4.78, 5) is 9.91. The Morgan fingerprint density at radius 3 is 2.75 bits per heavy atom. The van der Waals surface area contributed by atoms with Gasteiger partial charge in [0.2, 0.25) is 0 Å². The lowest BCUT2D eigenvalue weighted by molar-refractivity contribution is -0.385. The molecule has 0 amide bonds. The van der Waals surface area contributed by atoms with Gasteiger partial charge < -0.3 is 10.1 Å². The molecule has 0 aromatic heterocycles. The number of ether oxygens (including phenoxy) is 1. The summed E-state index contributed by atoms with van der Waals surface area (Å²) in [6.45, 7) is 0.877. The van der Waals surface area contributed by atoms with Gasteiger partial charge in [0.25, 0.3) is 12.1 Å². The molecule has 1 aromatic rings. The maximum Gasteiger partial charge on any atom is 0.270 e. The summed E-state index contributed by atoms with van der Waals surface area (Å²) in [6.07, 6.45) is -1.27. The van der Waals surface area contributed by atoms with Crippen LogP contribution >= 0.6 is 0 Å². The van der Waals surface area contributed by atoms with E-state index in [4.69, 9.17) is 4.74 Å². The molecule has 0 aliphatic heterocycles. The highest BCUT2D eigenvalue weighted by molar-refractivity contribution is 5.44. The molecule has 0 unspecified atom stereocenters. The van der Waals surface area contributed by atoms with Crippen LogP contribution in [-0.4, -0.2) is 24.6 Å². The normalized spacial score (nSPS) is 21.6. The fraction of sp³-hybridized carbons (Fsp3) is 0.538. The molecular weight excluding hydrogens is 270 g/mol. The molecule has 7 heteroatoms. The minimum Gasteiger partial charge on any atom is -0.490 e. The maximum atomic E-state index is 12.9. The van der Waals surface area contributed by atoms with Crippen molar-refractivity contribution in [2.45, 2.75) is 25.4 Å². The average Bonchev–Trinajstić information content (AvgIpc) is 2.36. The minimum absolute atomic E-state index is 0.0403. The number of nitro benzene ring substituents is 1. The summed E-state index contributed by atoms with van der Waals surface area (Å²) < 4.78 is 31.4. The van der Waals surface area contributed by atoms with Crippen LogP contribution in [0.25, 0.3) is 0 Å². The van der Waals surface area contributed by atoms with Gasteiger partial charge in [-0.15, -0.1) is 0 Å². The Morgan fingerprint density at radius 1 is 1.50 bits per heavy atom. The molecule has 0 atom stereocenters. The largest absolute Gasteiger partial charge is 0.490 e. The molecule has 1 aromatic carbocycles. The molecule has 2 rings (SSSR count). The van der Waals surface area contributed by atoms with E-state index in [2.05, 4.69) is 5.32 Å². The van der Waals surface area contributed by atoms with Gasteiger partial charge >= 0.3 is 0 Å². The second-order valence-electron chi connectivity index (χ2n) is 4.91. The van der Waals surface area contributed by atoms with Crippen molar-refractivity contribution in [1.29, 1.82) is 0 Å². The van der Waals surface area contributed by atoms with Crippen LogP contribution in [0.4, 0.5) is 14.5 Å². The number of benzene rings is 1. The molecule has 1 fully saturated rings. The number of halogens is 2. The number of rotatable bonds is 6. The van der Waals surface area contributed by atoms with E-state index in [0.29, 0.717) is 5.92 Å². The van der Waals surface area contributed by atoms with E-state index in [9.17, 15) is 18.9 Å². The molecule has 0 heterocycles. The molecule has 0 spiro atoms. The van der Waals surface area contributed by atoms with Gasteiger partial charge in [-0.25, -0.2) is 8.78 Å². The molecule has 1 saturated carbocycles. The third-order valence-electron chi connectivity index (χ3n) is 3.42. The first kappa shape index (κ1) is 14.6. The van der Waals surface area contributed by atoms with Gasteiger partial charge in [0, 0.05) is 12.1 Å². The van der Waals surface area contributed by atoms with Crippen LogP contribution in [-0.2, 0) is 0 Å². The first-order chi connectivity index (χ1) is 9.51. The van der Waals surface area contributed by atoms with E-state index in [-0.39, 0.29) is 17.5 Å². The second-order valence-corrected chi connectivity index (χ2v) is 4.91. The number of nitro groups is 1. The lowest BCUT2D eigenvalue weighted by Gasteiger charge is -2.35. The van der Waals surface area contributed by atoms with E-state index in [1.54, 1.807) is 0 Å². The van der Waals surface area contributed by atoms with Crippen molar-refractivity contribution in [3.05, 3.63) is 33.9 Å². The van der Waals surface area contributed by atoms with Gasteiger partial charge in [-0.2, -0.15) is 0 Å². The fourth-order valence-electron chi connectivity index (χ4n) is 2.33. The summed E-state index contributed by atoms with van der Waals surface area (Å²) in [5.74, 6) is 0.538. The molecule has 1 aliphatic rings. The monoisotopic (exact) mass is 286 g/mol. The molecule has 0 saturated heterocycles. The lowest BCUT2D eigenvalue weighted by atomic mass is 9.82. The van der Waals surface area contributed by atoms with Gasteiger partial charge in [-0.3, -0.25) is 10.1 Å². The first-order valence-corrected chi connectivity index (χ1v) is 6.39. The molecule has 1 aliphatic carbocycles. The maximum absolute atomic E-state index is 12.9. The third-order valence-corrected chi connectivity index (χ3v) is 3.42. The standard InChI is InChI=1S/C13H16F2N2O3/c1-16-7-8-4-10(5-8)20-12-3-2-9(17(18)19)6-11(12)13(14)15/h2-3,6,8,10,13,16H,4-5,7H2,1H3. The molecule has 0 radical (unpaired) electrons. The van der Waals surface area contributed by atoms with Crippen molar-refractivity contribution >= 4 is 5.69 Å². The summed E-state index contributed by atoms with van der Waals surface area (Å²) in [5, 5.41) is 13.7. The highest BCUT2D eigenvalue weighted by Crippen LogP contribution is 2.36. The summed E-state index contributed by atoms with van der Waals surface area (Å²) in [7, 11) is 1.86. The Bertz CT molecular complexity index is 491. The number of hydrogen-bond acceptors (Lipinski definition) is 4. The van der Waals surface area contributed by atoms with Crippen molar-refractivity contribution in [2.24, 2.45) is 5.92 Å². The Kier molecular flexibility index (Phi) is 4.49. The van der Waals surface area contributed by atoms with E-state index in [0.717, 1.165) is 25.5 Å². The van der Waals surface area contributed by atoms with E-state index < -0.39 is 16.9 Å². The van der Waals surface area contributed by atoms with Crippen LogP contribution in [0.15, 0.2) is 18.2 Å². The Morgan fingerprint density at radius 2 is 2.20 bits per heavy atom. The van der Waals surface area contributed by atoms with Crippen LogP contribution in [0.5, 0.6) is 5.75 Å². The van der Waals surface area contributed by atoms with Gasteiger partial charge in [0.15, 0.2) is 0 Å². The molecule has 0 bridgehead atoms. The zero-order valence-electron chi connectivity index (χ0n) is 11.0. The van der Waals surface area contributed by atoms with Gasteiger partial charge in [-0.1, -0.05) is 0 Å². The van der Waals surface area contributed by atoms with Crippen molar-refractivity contribution in [3.8, 4) is 5.75 Å².